The van der Waals surface area contributed by atoms with E-state index in [-0.39, 0.29) is 44.4 Å². The van der Waals surface area contributed by atoms with Gasteiger partial charge in [-0.15, -0.1) is 0 Å². The standard InChI is InChI=1S/C22H25F2NO4.C2H6.CH4/c23-15-3-7-19-13(9-15)1-5-21(28-19)17(26)11-25-12-18(27)22-6-2-14-10-16(24)4-8-20(14)29-22;1-2;/h3-4,7-10,17-18,21-22,25-27H,1-2,5-6,11-12H2;1-2H3;1H4. The van der Waals surface area contributed by atoms with E-state index in [1.807, 2.05) is 13.8 Å². The number of nitrogens with one attached hydrogen (secondary N) is 1. The van der Waals surface area contributed by atoms with Gasteiger partial charge in [0, 0.05) is 13.1 Å². The van der Waals surface area contributed by atoms with E-state index in [0.29, 0.717) is 37.2 Å². The normalized spacial score (nSPS) is 20.7. The Hall–Kier alpha value is -2.22. The number of benzene rings is 2. The second-order valence-corrected chi connectivity index (χ2v) is 7.69. The fourth-order valence-corrected chi connectivity index (χ4v) is 3.94. The highest BCUT2D eigenvalue weighted by Crippen LogP contribution is 2.30. The van der Waals surface area contributed by atoms with Gasteiger partial charge < -0.3 is 25.0 Å². The number of ether oxygens (including phenoxy) is 2. The Morgan fingerprint density at radius 2 is 1.25 bits per heavy atom. The van der Waals surface area contributed by atoms with Crippen LogP contribution in [0.4, 0.5) is 8.78 Å². The van der Waals surface area contributed by atoms with Crippen molar-refractivity contribution in [2.24, 2.45) is 0 Å². The molecule has 0 spiro atoms. The van der Waals surface area contributed by atoms with Crippen LogP contribution in [-0.2, 0) is 12.8 Å². The maximum atomic E-state index is 13.3. The predicted octanol–water partition coefficient (Wildman–Crippen LogP) is 4.03. The minimum Gasteiger partial charge on any atom is -0.487 e. The topological polar surface area (TPSA) is 71.0 Å². The maximum absolute atomic E-state index is 13.3. The summed E-state index contributed by atoms with van der Waals surface area (Å²) >= 11 is 0. The lowest BCUT2D eigenvalue weighted by Gasteiger charge is -2.31. The average Bonchev–Trinajstić information content (AvgIpc) is 2.79. The monoisotopic (exact) mass is 451 g/mol. The summed E-state index contributed by atoms with van der Waals surface area (Å²) in [6.45, 7) is 4.51. The first-order chi connectivity index (χ1) is 15.0. The number of rotatable bonds is 6. The SMILES string of the molecule is C.CC.OC(CNCC(O)C1CCc2cc(F)ccc2O1)C1CCc2cc(F)ccc2O1. The number of fused-ring (bicyclic) bond motifs is 2. The van der Waals surface area contributed by atoms with Crippen LogP contribution < -0.4 is 14.8 Å². The molecule has 4 atom stereocenters. The van der Waals surface area contributed by atoms with E-state index >= 15 is 0 Å². The molecule has 2 aromatic carbocycles. The van der Waals surface area contributed by atoms with Crippen LogP contribution >= 0.6 is 0 Å². The van der Waals surface area contributed by atoms with E-state index in [1.165, 1.54) is 24.3 Å². The molecule has 0 fully saturated rings. The van der Waals surface area contributed by atoms with Gasteiger partial charge in [0.25, 0.3) is 0 Å². The van der Waals surface area contributed by atoms with Gasteiger partial charge in [-0.1, -0.05) is 21.3 Å². The van der Waals surface area contributed by atoms with E-state index in [0.717, 1.165) is 11.1 Å². The van der Waals surface area contributed by atoms with Crippen molar-refractivity contribution in [3.63, 3.8) is 0 Å². The lowest BCUT2D eigenvalue weighted by molar-refractivity contribution is 0.00892. The van der Waals surface area contributed by atoms with Crippen LogP contribution in [0.1, 0.15) is 45.2 Å². The van der Waals surface area contributed by atoms with Gasteiger partial charge in [-0.3, -0.25) is 0 Å². The van der Waals surface area contributed by atoms with Crippen LogP contribution in [0.25, 0.3) is 0 Å². The van der Waals surface area contributed by atoms with E-state index in [2.05, 4.69) is 5.32 Å². The summed E-state index contributed by atoms with van der Waals surface area (Å²) in [6.07, 6.45) is 0.214. The summed E-state index contributed by atoms with van der Waals surface area (Å²) in [7, 11) is 0. The molecule has 4 unspecified atom stereocenters. The van der Waals surface area contributed by atoms with Crippen LogP contribution in [0.5, 0.6) is 11.5 Å². The van der Waals surface area contributed by atoms with Gasteiger partial charge in [0.05, 0.1) is 0 Å². The molecule has 0 amide bonds. The highest BCUT2D eigenvalue weighted by Gasteiger charge is 2.29. The zero-order valence-corrected chi connectivity index (χ0v) is 18.0. The summed E-state index contributed by atoms with van der Waals surface area (Å²) in [6, 6.07) is 8.79. The van der Waals surface area contributed by atoms with Gasteiger partial charge in [0.2, 0.25) is 0 Å². The molecule has 0 saturated carbocycles. The maximum Gasteiger partial charge on any atom is 0.126 e. The minimum atomic E-state index is -0.753. The molecule has 0 saturated heterocycles. The Bertz CT molecular complexity index is 794. The van der Waals surface area contributed by atoms with Crippen molar-refractivity contribution in [1.29, 1.82) is 0 Å². The van der Waals surface area contributed by atoms with Crippen molar-refractivity contribution in [3.05, 3.63) is 59.2 Å². The second-order valence-electron chi connectivity index (χ2n) is 7.69. The predicted molar refractivity (Wildman–Crippen MR) is 121 cm³/mol. The summed E-state index contributed by atoms with van der Waals surface area (Å²) in [4.78, 5) is 0. The fourth-order valence-electron chi connectivity index (χ4n) is 3.94. The fraction of sp³-hybridized carbons (Fsp3) is 0.520. The van der Waals surface area contributed by atoms with Crippen molar-refractivity contribution in [3.8, 4) is 11.5 Å². The highest BCUT2D eigenvalue weighted by atomic mass is 19.1. The summed E-state index contributed by atoms with van der Waals surface area (Å²) in [5, 5.41) is 23.9. The first-order valence-electron chi connectivity index (χ1n) is 11.0. The molecular formula is C25H35F2NO4. The molecule has 178 valence electrons. The number of halogens is 2. The van der Waals surface area contributed by atoms with Crippen molar-refractivity contribution in [1.82, 2.24) is 5.32 Å². The average molecular weight is 452 g/mol. The largest absolute Gasteiger partial charge is 0.487 e. The molecule has 2 aromatic rings. The third-order valence-electron chi connectivity index (χ3n) is 5.56. The first kappa shape index (κ1) is 26.0. The third kappa shape index (κ3) is 6.40. The van der Waals surface area contributed by atoms with E-state index in [4.69, 9.17) is 9.47 Å². The van der Waals surface area contributed by atoms with Gasteiger partial charge in [-0.05, 0) is 73.2 Å². The Kier molecular flexibility index (Phi) is 9.87. The van der Waals surface area contributed by atoms with E-state index in [1.54, 1.807) is 12.1 Å². The molecule has 32 heavy (non-hydrogen) atoms. The first-order valence-corrected chi connectivity index (χ1v) is 11.0. The number of aryl methyl sites for hydroxylation is 2. The molecule has 2 aliphatic heterocycles. The minimum absolute atomic E-state index is 0. The van der Waals surface area contributed by atoms with Gasteiger partial charge >= 0.3 is 0 Å². The molecule has 0 bridgehead atoms. The van der Waals surface area contributed by atoms with Gasteiger partial charge in [0.15, 0.2) is 0 Å². The van der Waals surface area contributed by atoms with E-state index < -0.39 is 12.2 Å². The Labute approximate surface area is 189 Å². The van der Waals surface area contributed by atoms with Crippen LogP contribution in [0.3, 0.4) is 0 Å². The van der Waals surface area contributed by atoms with E-state index in [9.17, 15) is 19.0 Å². The molecule has 2 aliphatic rings. The van der Waals surface area contributed by atoms with Crippen LogP contribution in [0.15, 0.2) is 36.4 Å². The Morgan fingerprint density at radius 3 is 1.66 bits per heavy atom. The smallest absolute Gasteiger partial charge is 0.126 e. The second kappa shape index (κ2) is 12.1. The molecule has 0 radical (unpaired) electrons. The Morgan fingerprint density at radius 1 is 0.844 bits per heavy atom. The van der Waals surface area contributed by atoms with Gasteiger partial charge in [-0.25, -0.2) is 8.78 Å². The third-order valence-corrected chi connectivity index (χ3v) is 5.56. The number of hydrogen-bond acceptors (Lipinski definition) is 5. The molecule has 5 nitrogen and oxygen atoms in total. The number of hydrogen-bond donors (Lipinski definition) is 3. The zero-order chi connectivity index (χ0) is 22.4. The van der Waals surface area contributed by atoms with Gasteiger partial charge in [-0.2, -0.15) is 0 Å². The molecule has 3 N–H and O–H groups in total. The quantitative estimate of drug-likeness (QED) is 0.619. The van der Waals surface area contributed by atoms with Crippen molar-refractivity contribution >= 4 is 0 Å². The van der Waals surface area contributed by atoms with Crippen molar-refractivity contribution < 1.29 is 28.5 Å². The van der Waals surface area contributed by atoms with Crippen molar-refractivity contribution in [2.75, 3.05) is 13.1 Å². The van der Waals surface area contributed by atoms with Crippen LogP contribution in [0, 0.1) is 11.6 Å². The summed E-state index contributed by atoms with van der Waals surface area (Å²) < 4.78 is 38.2. The molecule has 0 aromatic heterocycles. The molecule has 4 rings (SSSR count). The number of aliphatic hydroxyl groups excluding tert-OH is 2. The highest BCUT2D eigenvalue weighted by molar-refractivity contribution is 5.36. The van der Waals surface area contributed by atoms with Crippen molar-refractivity contribution in [2.45, 2.75) is 71.4 Å². The lowest BCUT2D eigenvalue weighted by atomic mass is 9.98. The van der Waals surface area contributed by atoms with Gasteiger partial charge in [0.1, 0.15) is 47.5 Å². The lowest BCUT2D eigenvalue weighted by Crippen LogP contribution is -2.46. The summed E-state index contributed by atoms with van der Waals surface area (Å²) in [5.41, 5.74) is 1.62. The molecule has 0 aliphatic carbocycles. The van der Waals surface area contributed by atoms with Crippen LogP contribution in [0.2, 0.25) is 0 Å². The van der Waals surface area contributed by atoms with Crippen LogP contribution in [-0.4, -0.2) is 47.7 Å². The summed E-state index contributed by atoms with van der Waals surface area (Å²) in [5.74, 6) is 0.624. The zero-order valence-electron chi connectivity index (χ0n) is 18.0. The Balaban J connectivity index is 0.00000118. The number of aliphatic hydroxyl groups is 2. The molecule has 7 heteroatoms. The molecular weight excluding hydrogens is 416 g/mol. The molecule has 2 heterocycles.